The number of hydrogen-bond donors (Lipinski definition) is 0. The molecule has 6 nitrogen and oxygen atoms in total. The van der Waals surface area contributed by atoms with Crippen LogP contribution < -0.4 is 9.64 Å². The van der Waals surface area contributed by atoms with Crippen LogP contribution in [0, 0.1) is 13.8 Å². The summed E-state index contributed by atoms with van der Waals surface area (Å²) < 4.78 is 7.24. The van der Waals surface area contributed by atoms with Gasteiger partial charge in [-0.05, 0) is 44.2 Å². The van der Waals surface area contributed by atoms with Gasteiger partial charge < -0.3 is 14.5 Å². The minimum atomic E-state index is 0.0193. The number of aromatic nitrogens is 2. The number of ether oxygens (including phenoxy) is 1. The normalized spacial score (nSPS) is 14.2. The Balaban J connectivity index is 1.51. The Morgan fingerprint density at radius 1 is 0.966 bits per heavy atom. The summed E-state index contributed by atoms with van der Waals surface area (Å²) in [6.45, 7) is 6.82. The first-order valence-corrected chi connectivity index (χ1v) is 9.88. The van der Waals surface area contributed by atoms with E-state index in [2.05, 4.69) is 16.1 Å². The molecule has 0 bridgehead atoms. The van der Waals surface area contributed by atoms with Gasteiger partial charge in [0.15, 0.2) is 0 Å². The van der Waals surface area contributed by atoms with Crippen molar-refractivity contribution in [2.24, 2.45) is 0 Å². The van der Waals surface area contributed by atoms with Gasteiger partial charge in [0.1, 0.15) is 11.4 Å². The number of amides is 1. The summed E-state index contributed by atoms with van der Waals surface area (Å²) in [7, 11) is 1.69. The molecular weight excluding hydrogens is 364 g/mol. The lowest BCUT2D eigenvalue weighted by Gasteiger charge is -2.36. The van der Waals surface area contributed by atoms with Crippen LogP contribution in [0.25, 0.3) is 5.69 Å². The maximum atomic E-state index is 13.3. The van der Waals surface area contributed by atoms with Gasteiger partial charge in [-0.1, -0.05) is 29.8 Å². The Morgan fingerprint density at radius 3 is 2.34 bits per heavy atom. The predicted molar refractivity (Wildman–Crippen MR) is 114 cm³/mol. The molecule has 1 aliphatic rings. The number of hydrogen-bond acceptors (Lipinski definition) is 4. The molecule has 3 aromatic rings. The maximum Gasteiger partial charge on any atom is 0.272 e. The fraction of sp³-hybridized carbons (Fsp3) is 0.304. The molecule has 150 valence electrons. The maximum absolute atomic E-state index is 13.3. The molecule has 0 atom stereocenters. The summed E-state index contributed by atoms with van der Waals surface area (Å²) in [6, 6.07) is 17.9. The van der Waals surface area contributed by atoms with Gasteiger partial charge in [-0.25, -0.2) is 4.68 Å². The number of benzene rings is 2. The molecule has 0 spiro atoms. The van der Waals surface area contributed by atoms with Gasteiger partial charge in [-0.3, -0.25) is 4.79 Å². The zero-order chi connectivity index (χ0) is 20.4. The highest BCUT2D eigenvalue weighted by atomic mass is 16.5. The van der Waals surface area contributed by atoms with Gasteiger partial charge in [0.2, 0.25) is 0 Å². The largest absolute Gasteiger partial charge is 0.495 e. The molecular formula is C23H26N4O2. The second kappa shape index (κ2) is 7.99. The Hall–Kier alpha value is -3.28. The Bertz CT molecular complexity index is 1000. The van der Waals surface area contributed by atoms with Crippen LogP contribution in [0.3, 0.4) is 0 Å². The molecule has 1 saturated heterocycles. The van der Waals surface area contributed by atoms with Crippen molar-refractivity contribution in [3.63, 3.8) is 0 Å². The highest BCUT2D eigenvalue weighted by Gasteiger charge is 2.26. The van der Waals surface area contributed by atoms with Crippen LogP contribution >= 0.6 is 0 Å². The first kappa shape index (κ1) is 19.1. The summed E-state index contributed by atoms with van der Waals surface area (Å²) in [6.07, 6.45) is 0. The first-order valence-electron chi connectivity index (χ1n) is 9.88. The molecule has 0 radical (unpaired) electrons. The summed E-state index contributed by atoms with van der Waals surface area (Å²) in [5, 5.41) is 4.55. The quantitative estimate of drug-likeness (QED) is 0.685. The van der Waals surface area contributed by atoms with Crippen molar-refractivity contribution in [2.45, 2.75) is 13.8 Å². The number of carbonyl (C=O) groups excluding carboxylic acids is 1. The number of nitrogens with zero attached hydrogens (tertiary/aromatic N) is 4. The van der Waals surface area contributed by atoms with Crippen molar-refractivity contribution >= 4 is 11.6 Å². The monoisotopic (exact) mass is 390 g/mol. The van der Waals surface area contributed by atoms with Gasteiger partial charge in [0.25, 0.3) is 5.91 Å². The number of para-hydroxylation sites is 2. The van der Waals surface area contributed by atoms with Crippen molar-refractivity contribution in [1.29, 1.82) is 0 Å². The van der Waals surface area contributed by atoms with E-state index < -0.39 is 0 Å². The van der Waals surface area contributed by atoms with E-state index in [0.29, 0.717) is 18.8 Å². The second-order valence-corrected chi connectivity index (χ2v) is 7.37. The van der Waals surface area contributed by atoms with Crippen molar-refractivity contribution in [2.75, 3.05) is 38.2 Å². The molecule has 0 N–H and O–H groups in total. The molecule has 1 aliphatic heterocycles. The molecule has 29 heavy (non-hydrogen) atoms. The number of methoxy groups -OCH3 is 1. The van der Waals surface area contributed by atoms with Gasteiger partial charge in [-0.15, -0.1) is 0 Å². The molecule has 6 heteroatoms. The molecule has 2 aromatic carbocycles. The lowest BCUT2D eigenvalue weighted by molar-refractivity contribution is 0.0737. The van der Waals surface area contributed by atoms with E-state index in [1.165, 1.54) is 5.56 Å². The van der Waals surface area contributed by atoms with Crippen molar-refractivity contribution in [3.05, 3.63) is 71.5 Å². The van der Waals surface area contributed by atoms with Crippen molar-refractivity contribution in [3.8, 4) is 11.4 Å². The third-order valence-electron chi connectivity index (χ3n) is 5.32. The van der Waals surface area contributed by atoms with E-state index in [4.69, 9.17) is 4.74 Å². The smallest absolute Gasteiger partial charge is 0.272 e. The molecule has 4 rings (SSSR count). The number of rotatable bonds is 4. The van der Waals surface area contributed by atoms with Crippen LogP contribution in [0.4, 0.5) is 5.69 Å². The van der Waals surface area contributed by atoms with E-state index in [1.54, 1.807) is 11.8 Å². The summed E-state index contributed by atoms with van der Waals surface area (Å²) in [4.78, 5) is 17.4. The number of carbonyl (C=O) groups is 1. The van der Waals surface area contributed by atoms with E-state index >= 15 is 0 Å². The number of aryl methyl sites for hydroxylation is 2. The number of piperazine rings is 1. The average molecular weight is 390 g/mol. The van der Waals surface area contributed by atoms with E-state index in [1.807, 2.05) is 67.3 Å². The predicted octanol–water partition coefficient (Wildman–Crippen LogP) is 3.46. The molecule has 2 heterocycles. The van der Waals surface area contributed by atoms with Crippen LogP contribution in [0.5, 0.6) is 5.75 Å². The van der Waals surface area contributed by atoms with Crippen LogP contribution in [0.15, 0.2) is 54.6 Å². The van der Waals surface area contributed by atoms with Crippen LogP contribution in [0.2, 0.25) is 0 Å². The van der Waals surface area contributed by atoms with E-state index in [9.17, 15) is 4.79 Å². The van der Waals surface area contributed by atoms with Crippen LogP contribution in [-0.2, 0) is 0 Å². The van der Waals surface area contributed by atoms with E-state index in [-0.39, 0.29) is 5.91 Å². The average Bonchev–Trinajstić information content (AvgIpc) is 3.15. The second-order valence-electron chi connectivity index (χ2n) is 7.37. The van der Waals surface area contributed by atoms with Crippen molar-refractivity contribution < 1.29 is 9.53 Å². The van der Waals surface area contributed by atoms with Gasteiger partial charge in [-0.2, -0.15) is 5.10 Å². The standard InChI is InChI=1S/C23H26N4O2/c1-17-8-10-19(11-9-17)27-21(16-18(2)24-27)23(28)26-14-12-25(13-15-26)20-6-4-5-7-22(20)29-3/h4-11,16H,12-15H2,1-3H3. The minimum Gasteiger partial charge on any atom is -0.495 e. The van der Waals surface area contributed by atoms with Gasteiger partial charge >= 0.3 is 0 Å². The molecule has 0 saturated carbocycles. The Kier molecular flexibility index (Phi) is 5.25. The zero-order valence-corrected chi connectivity index (χ0v) is 17.1. The highest BCUT2D eigenvalue weighted by Crippen LogP contribution is 2.28. The summed E-state index contributed by atoms with van der Waals surface area (Å²) >= 11 is 0. The molecule has 0 unspecified atom stereocenters. The minimum absolute atomic E-state index is 0.0193. The Labute approximate surface area is 171 Å². The SMILES string of the molecule is COc1ccccc1N1CCN(C(=O)c2cc(C)nn2-c2ccc(C)cc2)CC1. The zero-order valence-electron chi connectivity index (χ0n) is 17.1. The van der Waals surface area contributed by atoms with E-state index in [0.717, 1.165) is 35.9 Å². The van der Waals surface area contributed by atoms with Crippen LogP contribution in [-0.4, -0.2) is 53.9 Å². The van der Waals surface area contributed by atoms with Crippen molar-refractivity contribution in [1.82, 2.24) is 14.7 Å². The Morgan fingerprint density at radius 2 is 1.66 bits per heavy atom. The molecule has 0 aliphatic carbocycles. The summed E-state index contributed by atoms with van der Waals surface area (Å²) in [5.41, 5.74) is 4.60. The summed E-state index contributed by atoms with van der Waals surface area (Å²) in [5.74, 6) is 0.881. The first-order chi connectivity index (χ1) is 14.1. The number of anilines is 1. The third kappa shape index (κ3) is 3.83. The topological polar surface area (TPSA) is 50.6 Å². The molecule has 1 aromatic heterocycles. The van der Waals surface area contributed by atoms with Gasteiger partial charge in [0.05, 0.1) is 24.2 Å². The highest BCUT2D eigenvalue weighted by molar-refractivity contribution is 5.93. The fourth-order valence-electron chi connectivity index (χ4n) is 3.74. The molecule has 1 fully saturated rings. The third-order valence-corrected chi connectivity index (χ3v) is 5.32. The molecule has 1 amide bonds. The van der Waals surface area contributed by atoms with Gasteiger partial charge in [0, 0.05) is 26.2 Å². The lowest BCUT2D eigenvalue weighted by Crippen LogP contribution is -2.49. The lowest BCUT2D eigenvalue weighted by atomic mass is 10.2. The fourth-order valence-corrected chi connectivity index (χ4v) is 3.74. The van der Waals surface area contributed by atoms with Crippen LogP contribution in [0.1, 0.15) is 21.7 Å².